The van der Waals surface area contributed by atoms with Crippen LogP contribution in [0.2, 0.25) is 0 Å². The Balaban J connectivity index is 1.81. The number of amides is 1. The van der Waals surface area contributed by atoms with Crippen molar-refractivity contribution < 1.29 is 9.53 Å². The van der Waals surface area contributed by atoms with Gasteiger partial charge in [0, 0.05) is 12.6 Å². The minimum absolute atomic E-state index is 0.188. The van der Waals surface area contributed by atoms with E-state index in [0.29, 0.717) is 11.7 Å². The van der Waals surface area contributed by atoms with Crippen LogP contribution in [-0.4, -0.2) is 27.8 Å². The molecule has 2 aromatic heterocycles. The number of hydrogen-bond donors (Lipinski definition) is 1. The largest absolute Gasteiger partial charge is 0.497 e. The first kappa shape index (κ1) is 17.1. The molecule has 0 unspecified atom stereocenters. The van der Waals surface area contributed by atoms with Gasteiger partial charge in [-0.15, -0.1) is 0 Å². The third kappa shape index (κ3) is 3.85. The summed E-state index contributed by atoms with van der Waals surface area (Å²) in [6, 6.07) is 8.31. The van der Waals surface area contributed by atoms with Crippen LogP contribution in [0.3, 0.4) is 0 Å². The lowest BCUT2D eigenvalue weighted by molar-refractivity contribution is 0.101. The highest BCUT2D eigenvalue weighted by Gasteiger charge is 2.13. The normalized spacial score (nSPS) is 10.8. The molecule has 0 fully saturated rings. The van der Waals surface area contributed by atoms with Gasteiger partial charge in [-0.1, -0.05) is 24.7 Å². The Morgan fingerprint density at radius 2 is 2.16 bits per heavy atom. The van der Waals surface area contributed by atoms with Crippen molar-refractivity contribution in [2.24, 2.45) is 0 Å². The molecule has 0 atom stereocenters. The molecule has 0 bridgehead atoms. The number of fused-ring (bicyclic) bond motifs is 1. The Labute approximate surface area is 148 Å². The van der Waals surface area contributed by atoms with Crippen molar-refractivity contribution >= 4 is 32.6 Å². The number of carbonyl (C=O) groups excluding carboxylic acids is 1. The summed E-state index contributed by atoms with van der Waals surface area (Å²) in [5.41, 5.74) is 0.756. The van der Waals surface area contributed by atoms with E-state index in [2.05, 4.69) is 15.4 Å². The number of nitrogens with zero attached hydrogens (tertiary/aromatic N) is 3. The monoisotopic (exact) mass is 358 g/mol. The number of rotatable bonds is 6. The van der Waals surface area contributed by atoms with Gasteiger partial charge in [-0.05, 0) is 30.7 Å². The van der Waals surface area contributed by atoms with Crippen LogP contribution < -0.4 is 15.6 Å². The van der Waals surface area contributed by atoms with Crippen LogP contribution in [0.4, 0.5) is 5.13 Å². The highest BCUT2D eigenvalue weighted by Crippen LogP contribution is 2.29. The molecule has 0 aliphatic heterocycles. The second-order valence-electron chi connectivity index (χ2n) is 5.44. The molecule has 0 saturated carbocycles. The molecule has 25 heavy (non-hydrogen) atoms. The highest BCUT2D eigenvalue weighted by atomic mass is 32.1. The second-order valence-corrected chi connectivity index (χ2v) is 6.47. The van der Waals surface area contributed by atoms with E-state index in [1.165, 1.54) is 28.2 Å². The maximum absolute atomic E-state index is 12.4. The van der Waals surface area contributed by atoms with Gasteiger partial charge < -0.3 is 4.74 Å². The average Bonchev–Trinajstić information content (AvgIpc) is 3.02. The zero-order chi connectivity index (χ0) is 17.8. The standard InChI is InChI=1S/C17H18N4O3S/c1-3-4-9-21-15(22)8-7-13(20-21)16(23)19-17-18-12-6-5-11(24-2)10-14(12)25-17/h5-8,10H,3-4,9H2,1-2H3,(H,18,19,23). The fourth-order valence-corrected chi connectivity index (χ4v) is 3.17. The van der Waals surface area contributed by atoms with Crippen LogP contribution in [0.5, 0.6) is 5.75 Å². The van der Waals surface area contributed by atoms with Gasteiger partial charge in [0.25, 0.3) is 11.5 Å². The fourth-order valence-electron chi connectivity index (χ4n) is 2.28. The first-order valence-electron chi connectivity index (χ1n) is 7.95. The summed E-state index contributed by atoms with van der Waals surface area (Å²) in [5.74, 6) is 0.343. The number of ether oxygens (including phenoxy) is 1. The maximum atomic E-state index is 12.4. The molecule has 0 saturated heterocycles. The molecule has 3 rings (SSSR count). The molecule has 1 N–H and O–H groups in total. The lowest BCUT2D eigenvalue weighted by atomic mass is 10.3. The molecular formula is C17H18N4O3S. The van der Waals surface area contributed by atoms with E-state index in [1.54, 1.807) is 7.11 Å². The van der Waals surface area contributed by atoms with Crippen LogP contribution in [0, 0.1) is 0 Å². The molecule has 130 valence electrons. The van der Waals surface area contributed by atoms with Crippen molar-refractivity contribution in [3.63, 3.8) is 0 Å². The van der Waals surface area contributed by atoms with Crippen molar-refractivity contribution in [2.75, 3.05) is 12.4 Å². The van der Waals surface area contributed by atoms with Gasteiger partial charge in [-0.3, -0.25) is 14.9 Å². The van der Waals surface area contributed by atoms with Crippen LogP contribution >= 0.6 is 11.3 Å². The van der Waals surface area contributed by atoms with Crippen molar-refractivity contribution in [1.29, 1.82) is 0 Å². The molecule has 0 spiro atoms. The summed E-state index contributed by atoms with van der Waals surface area (Å²) in [7, 11) is 1.60. The van der Waals surface area contributed by atoms with Crippen LogP contribution in [0.25, 0.3) is 10.2 Å². The molecule has 1 aromatic carbocycles. The van der Waals surface area contributed by atoms with Crippen LogP contribution in [-0.2, 0) is 6.54 Å². The second kappa shape index (κ2) is 7.43. The van der Waals surface area contributed by atoms with E-state index >= 15 is 0 Å². The molecule has 3 aromatic rings. The van der Waals surface area contributed by atoms with E-state index in [-0.39, 0.29) is 11.3 Å². The zero-order valence-corrected chi connectivity index (χ0v) is 14.8. The Hall–Kier alpha value is -2.74. The molecule has 7 nitrogen and oxygen atoms in total. The SMILES string of the molecule is CCCCn1nc(C(=O)Nc2nc3ccc(OC)cc3s2)ccc1=O. The Morgan fingerprint density at radius 1 is 1.32 bits per heavy atom. The Morgan fingerprint density at radius 3 is 2.92 bits per heavy atom. The van der Waals surface area contributed by atoms with Crippen molar-refractivity contribution in [2.45, 2.75) is 26.3 Å². The van der Waals surface area contributed by atoms with E-state index in [0.717, 1.165) is 28.8 Å². The lowest BCUT2D eigenvalue weighted by Crippen LogP contribution is -2.26. The van der Waals surface area contributed by atoms with Gasteiger partial charge in [-0.2, -0.15) is 5.10 Å². The van der Waals surface area contributed by atoms with Gasteiger partial charge in [-0.25, -0.2) is 9.67 Å². The average molecular weight is 358 g/mol. The number of carbonyl (C=O) groups is 1. The number of aryl methyl sites for hydroxylation is 1. The summed E-state index contributed by atoms with van der Waals surface area (Å²) in [5, 5.41) is 7.35. The minimum atomic E-state index is -0.392. The molecule has 1 amide bonds. The van der Waals surface area contributed by atoms with Crippen molar-refractivity contribution in [3.8, 4) is 5.75 Å². The molecular weight excluding hydrogens is 340 g/mol. The summed E-state index contributed by atoms with van der Waals surface area (Å²) >= 11 is 1.35. The van der Waals surface area contributed by atoms with Crippen LogP contribution in [0.1, 0.15) is 30.3 Å². The zero-order valence-electron chi connectivity index (χ0n) is 14.0. The van der Waals surface area contributed by atoms with Crippen molar-refractivity contribution in [3.05, 3.63) is 46.4 Å². The number of hydrogen-bond acceptors (Lipinski definition) is 6. The Bertz CT molecular complexity index is 964. The summed E-state index contributed by atoms with van der Waals surface area (Å²) in [4.78, 5) is 28.6. The number of nitrogens with one attached hydrogen (secondary N) is 1. The maximum Gasteiger partial charge on any atom is 0.277 e. The van der Waals surface area contributed by atoms with Crippen molar-refractivity contribution in [1.82, 2.24) is 14.8 Å². The van der Waals surface area contributed by atoms with E-state index < -0.39 is 5.91 Å². The number of thiazole rings is 1. The van der Waals surface area contributed by atoms with Gasteiger partial charge >= 0.3 is 0 Å². The number of unbranched alkanes of at least 4 members (excludes halogenated alkanes) is 1. The minimum Gasteiger partial charge on any atom is -0.497 e. The first-order chi connectivity index (χ1) is 12.1. The molecule has 0 aliphatic rings. The smallest absolute Gasteiger partial charge is 0.277 e. The number of methoxy groups -OCH3 is 1. The van der Waals surface area contributed by atoms with Crippen LogP contribution in [0.15, 0.2) is 35.1 Å². The number of anilines is 1. The van der Waals surface area contributed by atoms with E-state index in [9.17, 15) is 9.59 Å². The lowest BCUT2D eigenvalue weighted by Gasteiger charge is -2.05. The summed E-state index contributed by atoms with van der Waals surface area (Å²) in [6.45, 7) is 2.53. The van der Waals surface area contributed by atoms with Gasteiger partial charge in [0.05, 0.1) is 17.3 Å². The van der Waals surface area contributed by atoms with E-state index in [1.807, 2.05) is 25.1 Å². The quantitative estimate of drug-likeness (QED) is 0.732. The predicted molar refractivity (Wildman–Crippen MR) is 97.5 cm³/mol. The third-order valence-electron chi connectivity index (χ3n) is 3.64. The summed E-state index contributed by atoms with van der Waals surface area (Å²) < 4.78 is 7.42. The highest BCUT2D eigenvalue weighted by molar-refractivity contribution is 7.22. The Kier molecular flexibility index (Phi) is 5.08. The fraction of sp³-hybridized carbons (Fsp3) is 0.294. The summed E-state index contributed by atoms with van der Waals surface area (Å²) in [6.07, 6.45) is 1.78. The first-order valence-corrected chi connectivity index (χ1v) is 8.76. The topological polar surface area (TPSA) is 86.1 Å². The molecule has 2 heterocycles. The van der Waals surface area contributed by atoms with E-state index in [4.69, 9.17) is 4.74 Å². The predicted octanol–water partition coefficient (Wildman–Crippen LogP) is 2.91. The molecule has 0 radical (unpaired) electrons. The number of aromatic nitrogens is 3. The van der Waals surface area contributed by atoms with Gasteiger partial charge in [0.1, 0.15) is 11.4 Å². The third-order valence-corrected chi connectivity index (χ3v) is 4.57. The van der Waals surface area contributed by atoms with Gasteiger partial charge in [0.2, 0.25) is 0 Å². The molecule has 0 aliphatic carbocycles. The molecule has 8 heteroatoms. The van der Waals surface area contributed by atoms with Gasteiger partial charge in [0.15, 0.2) is 5.13 Å². The number of benzene rings is 1.